The van der Waals surface area contributed by atoms with E-state index >= 15 is 0 Å². The third-order valence-corrected chi connectivity index (χ3v) is 2.76. The second kappa shape index (κ2) is 6.74. The Morgan fingerprint density at radius 2 is 1.90 bits per heavy atom. The summed E-state index contributed by atoms with van der Waals surface area (Å²) in [5.74, 6) is 1.70. The summed E-state index contributed by atoms with van der Waals surface area (Å²) in [4.78, 5) is 12.6. The van der Waals surface area contributed by atoms with Crippen LogP contribution in [0, 0.1) is 6.92 Å². The maximum Gasteiger partial charge on any atom is 0.323 e. The van der Waals surface area contributed by atoms with Crippen molar-refractivity contribution in [2.24, 2.45) is 0 Å². The van der Waals surface area contributed by atoms with Crippen molar-refractivity contribution in [2.75, 3.05) is 31.4 Å². The zero-order chi connectivity index (χ0) is 15.2. The molecule has 0 spiro atoms. The van der Waals surface area contributed by atoms with Crippen molar-refractivity contribution in [1.82, 2.24) is 15.0 Å². The molecule has 0 fully saturated rings. The summed E-state index contributed by atoms with van der Waals surface area (Å²) in [6, 6.07) is 6.03. The lowest BCUT2D eigenvalue weighted by Gasteiger charge is -2.10. The second-order valence-electron chi connectivity index (χ2n) is 4.26. The third kappa shape index (κ3) is 3.71. The van der Waals surface area contributed by atoms with Gasteiger partial charge >= 0.3 is 6.01 Å². The van der Waals surface area contributed by atoms with Crippen LogP contribution in [0.4, 0.5) is 17.6 Å². The number of benzene rings is 1. The van der Waals surface area contributed by atoms with E-state index in [-0.39, 0.29) is 6.01 Å². The molecule has 1 aromatic heterocycles. The Morgan fingerprint density at radius 1 is 1.14 bits per heavy atom. The van der Waals surface area contributed by atoms with Gasteiger partial charge in [0.2, 0.25) is 11.9 Å². The fourth-order valence-corrected chi connectivity index (χ4v) is 1.80. The molecule has 0 radical (unpaired) electrons. The predicted molar refractivity (Wildman–Crippen MR) is 81.6 cm³/mol. The fraction of sp³-hybridized carbons (Fsp3) is 0.357. The summed E-state index contributed by atoms with van der Waals surface area (Å²) in [7, 11) is 3.39. The summed E-state index contributed by atoms with van der Waals surface area (Å²) in [6.45, 7) is 4.35. The molecular formula is C14H19N5O2. The highest BCUT2D eigenvalue weighted by Gasteiger charge is 2.07. The number of hydrogen-bond donors (Lipinski definition) is 2. The number of aromatic nitrogens is 3. The first kappa shape index (κ1) is 14.8. The molecule has 0 amide bonds. The number of anilines is 3. The van der Waals surface area contributed by atoms with Crippen LogP contribution >= 0.6 is 0 Å². The first-order chi connectivity index (χ1) is 10.2. The van der Waals surface area contributed by atoms with E-state index < -0.39 is 0 Å². The Balaban J connectivity index is 2.25. The van der Waals surface area contributed by atoms with Gasteiger partial charge in [0.25, 0.3) is 0 Å². The molecule has 2 rings (SSSR count). The quantitative estimate of drug-likeness (QED) is 0.844. The summed E-state index contributed by atoms with van der Waals surface area (Å²) >= 11 is 0. The highest BCUT2D eigenvalue weighted by molar-refractivity contribution is 5.57. The molecule has 21 heavy (non-hydrogen) atoms. The first-order valence-corrected chi connectivity index (χ1v) is 6.64. The van der Waals surface area contributed by atoms with Gasteiger partial charge in [0.05, 0.1) is 13.7 Å². The standard InChI is InChI=1S/C14H19N5O2/c1-5-21-14-18-12(15-3)17-13(19-14)16-10-6-7-11(20-4)9(2)8-10/h6-8H,5H2,1-4H3,(H2,15,16,17,18,19). The molecule has 0 atom stereocenters. The van der Waals surface area contributed by atoms with Gasteiger partial charge in [0, 0.05) is 12.7 Å². The summed E-state index contributed by atoms with van der Waals surface area (Å²) < 4.78 is 10.6. The van der Waals surface area contributed by atoms with Crippen LogP contribution in [0.1, 0.15) is 12.5 Å². The van der Waals surface area contributed by atoms with E-state index in [2.05, 4.69) is 25.6 Å². The van der Waals surface area contributed by atoms with E-state index in [4.69, 9.17) is 9.47 Å². The SMILES string of the molecule is CCOc1nc(NC)nc(Nc2ccc(OC)c(C)c2)n1. The van der Waals surface area contributed by atoms with E-state index in [9.17, 15) is 0 Å². The second-order valence-corrected chi connectivity index (χ2v) is 4.26. The smallest absolute Gasteiger partial charge is 0.323 e. The predicted octanol–water partition coefficient (Wildman–Crippen LogP) is 2.37. The molecule has 0 saturated heterocycles. The third-order valence-electron chi connectivity index (χ3n) is 2.76. The molecule has 7 nitrogen and oxygen atoms in total. The maximum atomic E-state index is 5.32. The van der Waals surface area contributed by atoms with Gasteiger partial charge < -0.3 is 20.1 Å². The Labute approximate surface area is 123 Å². The molecule has 0 aliphatic heterocycles. The zero-order valence-electron chi connectivity index (χ0n) is 12.6. The average molecular weight is 289 g/mol. The van der Waals surface area contributed by atoms with Crippen LogP contribution in [0.3, 0.4) is 0 Å². The number of aryl methyl sites for hydroxylation is 1. The Morgan fingerprint density at radius 3 is 2.52 bits per heavy atom. The van der Waals surface area contributed by atoms with Gasteiger partial charge in [-0.1, -0.05) is 0 Å². The van der Waals surface area contributed by atoms with Crippen LogP contribution in [0.2, 0.25) is 0 Å². The minimum atomic E-state index is 0.282. The van der Waals surface area contributed by atoms with E-state index in [1.54, 1.807) is 14.2 Å². The molecule has 0 saturated carbocycles. The molecule has 2 N–H and O–H groups in total. The van der Waals surface area contributed by atoms with Crippen LogP contribution in [-0.4, -0.2) is 35.7 Å². The number of methoxy groups -OCH3 is 1. The van der Waals surface area contributed by atoms with Crippen LogP contribution in [0.25, 0.3) is 0 Å². The lowest BCUT2D eigenvalue weighted by Crippen LogP contribution is -2.07. The van der Waals surface area contributed by atoms with Gasteiger partial charge in [-0.15, -0.1) is 0 Å². The molecular weight excluding hydrogens is 270 g/mol. The first-order valence-electron chi connectivity index (χ1n) is 6.64. The number of nitrogens with one attached hydrogen (secondary N) is 2. The molecule has 0 unspecified atom stereocenters. The van der Waals surface area contributed by atoms with Crippen molar-refractivity contribution in [3.05, 3.63) is 23.8 Å². The average Bonchev–Trinajstić information content (AvgIpc) is 2.47. The van der Waals surface area contributed by atoms with Crippen LogP contribution in [-0.2, 0) is 0 Å². The summed E-state index contributed by atoms with van der Waals surface area (Å²) in [5.41, 5.74) is 1.89. The van der Waals surface area contributed by atoms with Crippen molar-refractivity contribution in [2.45, 2.75) is 13.8 Å². The minimum absolute atomic E-state index is 0.282. The van der Waals surface area contributed by atoms with Crippen LogP contribution < -0.4 is 20.1 Å². The normalized spacial score (nSPS) is 10.1. The summed E-state index contributed by atoms with van der Waals surface area (Å²) in [5, 5.41) is 6.01. The number of nitrogens with zero attached hydrogens (tertiary/aromatic N) is 3. The molecule has 0 bridgehead atoms. The zero-order valence-corrected chi connectivity index (χ0v) is 12.6. The van der Waals surface area contributed by atoms with Gasteiger partial charge in [0.15, 0.2) is 0 Å². The van der Waals surface area contributed by atoms with E-state index in [1.165, 1.54) is 0 Å². The van der Waals surface area contributed by atoms with Crippen LogP contribution in [0.15, 0.2) is 18.2 Å². The van der Waals surface area contributed by atoms with Crippen molar-refractivity contribution >= 4 is 17.6 Å². The topological polar surface area (TPSA) is 81.2 Å². The van der Waals surface area contributed by atoms with E-state index in [1.807, 2.05) is 32.0 Å². The largest absolute Gasteiger partial charge is 0.496 e. The van der Waals surface area contributed by atoms with Crippen LogP contribution in [0.5, 0.6) is 11.8 Å². The molecule has 0 aliphatic rings. The van der Waals surface area contributed by atoms with Crippen molar-refractivity contribution < 1.29 is 9.47 Å². The number of hydrogen-bond acceptors (Lipinski definition) is 7. The fourth-order valence-electron chi connectivity index (χ4n) is 1.80. The van der Waals surface area contributed by atoms with Crippen molar-refractivity contribution in [1.29, 1.82) is 0 Å². The Kier molecular flexibility index (Phi) is 4.76. The van der Waals surface area contributed by atoms with Gasteiger partial charge in [0.1, 0.15) is 5.75 Å². The number of rotatable bonds is 6. The molecule has 1 aromatic carbocycles. The van der Waals surface area contributed by atoms with Gasteiger partial charge in [-0.25, -0.2) is 0 Å². The van der Waals surface area contributed by atoms with Crippen molar-refractivity contribution in [3.63, 3.8) is 0 Å². The molecule has 0 aliphatic carbocycles. The van der Waals surface area contributed by atoms with Gasteiger partial charge in [-0.05, 0) is 37.6 Å². The van der Waals surface area contributed by atoms with E-state index in [0.717, 1.165) is 17.0 Å². The maximum absolute atomic E-state index is 5.32. The van der Waals surface area contributed by atoms with Gasteiger partial charge in [-0.2, -0.15) is 15.0 Å². The monoisotopic (exact) mass is 289 g/mol. The highest BCUT2D eigenvalue weighted by atomic mass is 16.5. The number of ether oxygens (including phenoxy) is 2. The molecule has 7 heteroatoms. The Bertz CT molecular complexity index is 618. The highest BCUT2D eigenvalue weighted by Crippen LogP contribution is 2.23. The van der Waals surface area contributed by atoms with Gasteiger partial charge in [-0.3, -0.25) is 0 Å². The molecule has 112 valence electrons. The van der Waals surface area contributed by atoms with Crippen molar-refractivity contribution in [3.8, 4) is 11.8 Å². The summed E-state index contributed by atoms with van der Waals surface area (Å²) in [6.07, 6.45) is 0. The lowest BCUT2D eigenvalue weighted by molar-refractivity contribution is 0.312. The van der Waals surface area contributed by atoms with E-state index in [0.29, 0.717) is 18.5 Å². The molecule has 1 heterocycles. The molecule has 2 aromatic rings. The Hall–Kier alpha value is -2.57. The lowest BCUT2D eigenvalue weighted by atomic mass is 10.2. The minimum Gasteiger partial charge on any atom is -0.496 e.